The summed E-state index contributed by atoms with van der Waals surface area (Å²) in [6.45, 7) is 4.12. The second-order valence-corrected chi connectivity index (χ2v) is 5.29. The maximum atomic E-state index is 12.4. The van der Waals surface area contributed by atoms with E-state index in [2.05, 4.69) is 29.4 Å². The Bertz CT molecular complexity index is 562. The molecule has 5 heteroatoms. The lowest BCUT2D eigenvalue weighted by Gasteiger charge is -2.20. The van der Waals surface area contributed by atoms with Gasteiger partial charge in [-0.25, -0.2) is 0 Å². The van der Waals surface area contributed by atoms with Gasteiger partial charge in [-0.05, 0) is 17.9 Å². The molecule has 106 valence electrons. The third-order valence-electron chi connectivity index (χ3n) is 3.39. The topological polar surface area (TPSA) is 59.8 Å². The molecule has 5 nitrogen and oxygen atoms in total. The SMILES string of the molecule is CC(C)[C@@H](Cc1ccccc1)C(=O)Nc1nncn1C. The number of carbonyl (C=O) groups excluding carboxylic acids is 1. The highest BCUT2D eigenvalue weighted by Crippen LogP contribution is 2.19. The summed E-state index contributed by atoms with van der Waals surface area (Å²) in [6.07, 6.45) is 2.29. The van der Waals surface area contributed by atoms with E-state index in [0.29, 0.717) is 5.95 Å². The van der Waals surface area contributed by atoms with Crippen LogP contribution < -0.4 is 5.32 Å². The molecule has 1 amide bonds. The van der Waals surface area contributed by atoms with E-state index in [1.807, 2.05) is 30.3 Å². The fourth-order valence-corrected chi connectivity index (χ4v) is 2.10. The predicted octanol–water partition coefficient (Wildman–Crippen LogP) is 2.27. The standard InChI is InChI=1S/C15H20N4O/c1-11(2)13(9-12-7-5-4-6-8-12)14(20)17-15-18-16-10-19(15)3/h4-8,10-11,13H,9H2,1-3H3,(H,17,18,20)/t13-/m1/s1. The van der Waals surface area contributed by atoms with Crippen LogP contribution in [0, 0.1) is 11.8 Å². The van der Waals surface area contributed by atoms with Gasteiger partial charge in [0.15, 0.2) is 0 Å². The van der Waals surface area contributed by atoms with E-state index in [0.717, 1.165) is 6.42 Å². The molecule has 0 saturated carbocycles. The van der Waals surface area contributed by atoms with Crippen LogP contribution in [0.15, 0.2) is 36.7 Å². The van der Waals surface area contributed by atoms with Crippen molar-refractivity contribution in [1.82, 2.24) is 14.8 Å². The molecule has 0 radical (unpaired) electrons. The Balaban J connectivity index is 2.08. The largest absolute Gasteiger partial charge is 0.303 e. The second kappa shape index (κ2) is 6.32. The van der Waals surface area contributed by atoms with E-state index in [4.69, 9.17) is 0 Å². The molecule has 0 aliphatic carbocycles. The van der Waals surface area contributed by atoms with Crippen LogP contribution in [0.2, 0.25) is 0 Å². The first-order valence-corrected chi connectivity index (χ1v) is 6.76. The highest BCUT2D eigenvalue weighted by atomic mass is 16.2. The molecule has 1 N–H and O–H groups in total. The minimum Gasteiger partial charge on any atom is -0.303 e. The summed E-state index contributed by atoms with van der Waals surface area (Å²) >= 11 is 0. The number of anilines is 1. The summed E-state index contributed by atoms with van der Waals surface area (Å²) in [7, 11) is 1.80. The van der Waals surface area contributed by atoms with Gasteiger partial charge >= 0.3 is 0 Å². The van der Waals surface area contributed by atoms with Gasteiger partial charge in [-0.3, -0.25) is 10.1 Å². The molecule has 0 aliphatic rings. The first-order chi connectivity index (χ1) is 9.58. The summed E-state index contributed by atoms with van der Waals surface area (Å²) in [5.74, 6) is 0.631. The number of benzene rings is 1. The molecule has 1 aromatic heterocycles. The molecule has 0 fully saturated rings. The summed E-state index contributed by atoms with van der Waals surface area (Å²) in [5, 5.41) is 10.5. The van der Waals surface area contributed by atoms with Gasteiger partial charge in [0.1, 0.15) is 6.33 Å². The minimum atomic E-state index is -0.0888. The summed E-state index contributed by atoms with van der Waals surface area (Å²) < 4.78 is 1.69. The van der Waals surface area contributed by atoms with Crippen LogP contribution in [-0.4, -0.2) is 20.7 Å². The van der Waals surface area contributed by atoms with E-state index in [-0.39, 0.29) is 17.7 Å². The summed E-state index contributed by atoms with van der Waals surface area (Å²) in [5.41, 5.74) is 1.17. The zero-order valence-corrected chi connectivity index (χ0v) is 12.1. The molecule has 1 heterocycles. The Hall–Kier alpha value is -2.17. The third-order valence-corrected chi connectivity index (χ3v) is 3.39. The highest BCUT2D eigenvalue weighted by molar-refractivity contribution is 5.91. The Labute approximate surface area is 119 Å². The lowest BCUT2D eigenvalue weighted by molar-refractivity contribution is -0.121. The van der Waals surface area contributed by atoms with E-state index in [9.17, 15) is 4.79 Å². The van der Waals surface area contributed by atoms with Crippen molar-refractivity contribution in [2.45, 2.75) is 20.3 Å². The number of nitrogens with zero attached hydrogens (tertiary/aromatic N) is 3. The van der Waals surface area contributed by atoms with E-state index < -0.39 is 0 Å². The van der Waals surface area contributed by atoms with Crippen LogP contribution >= 0.6 is 0 Å². The lowest BCUT2D eigenvalue weighted by Crippen LogP contribution is -2.29. The number of nitrogens with one attached hydrogen (secondary N) is 1. The molecule has 1 aromatic carbocycles. The number of rotatable bonds is 5. The molecule has 20 heavy (non-hydrogen) atoms. The van der Waals surface area contributed by atoms with Crippen LogP contribution in [0.3, 0.4) is 0 Å². The smallest absolute Gasteiger partial charge is 0.230 e. The van der Waals surface area contributed by atoms with Crippen molar-refractivity contribution in [3.05, 3.63) is 42.2 Å². The normalized spacial score (nSPS) is 12.4. The number of amides is 1. The average Bonchev–Trinajstić information content (AvgIpc) is 2.82. The highest BCUT2D eigenvalue weighted by Gasteiger charge is 2.23. The lowest BCUT2D eigenvalue weighted by atomic mass is 9.88. The quantitative estimate of drug-likeness (QED) is 0.908. The van der Waals surface area contributed by atoms with Gasteiger partial charge in [-0.1, -0.05) is 44.2 Å². The Kier molecular flexibility index (Phi) is 4.50. The molecule has 1 atom stereocenters. The first kappa shape index (κ1) is 14.2. The van der Waals surface area contributed by atoms with Crippen molar-refractivity contribution in [3.63, 3.8) is 0 Å². The number of hydrogen-bond donors (Lipinski definition) is 1. The average molecular weight is 272 g/mol. The van der Waals surface area contributed by atoms with Crippen molar-refractivity contribution in [1.29, 1.82) is 0 Å². The van der Waals surface area contributed by atoms with Gasteiger partial charge in [-0.2, -0.15) is 0 Å². The number of hydrogen-bond acceptors (Lipinski definition) is 3. The molecule has 0 bridgehead atoms. The summed E-state index contributed by atoms with van der Waals surface area (Å²) in [6, 6.07) is 10.1. The fraction of sp³-hybridized carbons (Fsp3) is 0.400. The van der Waals surface area contributed by atoms with Crippen LogP contribution in [0.1, 0.15) is 19.4 Å². The van der Waals surface area contributed by atoms with Crippen LogP contribution in [0.5, 0.6) is 0 Å². The minimum absolute atomic E-state index is 0.0139. The van der Waals surface area contributed by atoms with Crippen molar-refractivity contribution in [2.75, 3.05) is 5.32 Å². The van der Waals surface area contributed by atoms with Gasteiger partial charge in [0.2, 0.25) is 11.9 Å². The number of aromatic nitrogens is 3. The third kappa shape index (κ3) is 3.44. The maximum absolute atomic E-state index is 12.4. The van der Waals surface area contributed by atoms with Gasteiger partial charge in [0, 0.05) is 13.0 Å². The molecule has 2 rings (SSSR count). The van der Waals surface area contributed by atoms with E-state index in [1.165, 1.54) is 5.56 Å². The molecular formula is C15H20N4O. The van der Waals surface area contributed by atoms with Crippen LogP contribution in [-0.2, 0) is 18.3 Å². The van der Waals surface area contributed by atoms with Gasteiger partial charge in [-0.15, -0.1) is 10.2 Å². The molecular weight excluding hydrogens is 252 g/mol. The zero-order chi connectivity index (χ0) is 14.5. The molecule has 0 aliphatic heterocycles. The summed E-state index contributed by atoms with van der Waals surface area (Å²) in [4.78, 5) is 12.4. The monoisotopic (exact) mass is 272 g/mol. The van der Waals surface area contributed by atoms with Gasteiger partial charge in [0.25, 0.3) is 0 Å². The van der Waals surface area contributed by atoms with Gasteiger partial charge < -0.3 is 4.57 Å². The second-order valence-electron chi connectivity index (χ2n) is 5.29. The van der Waals surface area contributed by atoms with Crippen molar-refractivity contribution < 1.29 is 4.79 Å². The molecule has 0 saturated heterocycles. The van der Waals surface area contributed by atoms with Crippen LogP contribution in [0.25, 0.3) is 0 Å². The van der Waals surface area contributed by atoms with Crippen molar-refractivity contribution in [2.24, 2.45) is 18.9 Å². The number of aryl methyl sites for hydroxylation is 1. The maximum Gasteiger partial charge on any atom is 0.230 e. The fourth-order valence-electron chi connectivity index (χ4n) is 2.10. The zero-order valence-electron chi connectivity index (χ0n) is 12.1. The molecule has 0 unspecified atom stereocenters. The Morgan fingerprint density at radius 3 is 2.55 bits per heavy atom. The van der Waals surface area contributed by atoms with E-state index >= 15 is 0 Å². The van der Waals surface area contributed by atoms with Crippen LogP contribution in [0.4, 0.5) is 5.95 Å². The Morgan fingerprint density at radius 1 is 1.30 bits per heavy atom. The van der Waals surface area contributed by atoms with Crippen molar-refractivity contribution >= 4 is 11.9 Å². The number of carbonyl (C=O) groups is 1. The predicted molar refractivity (Wildman–Crippen MR) is 78.1 cm³/mol. The van der Waals surface area contributed by atoms with Gasteiger partial charge in [0.05, 0.1) is 0 Å². The van der Waals surface area contributed by atoms with E-state index in [1.54, 1.807) is 17.9 Å². The van der Waals surface area contributed by atoms with Crippen molar-refractivity contribution in [3.8, 4) is 0 Å². The Morgan fingerprint density at radius 2 is 2.00 bits per heavy atom. The first-order valence-electron chi connectivity index (χ1n) is 6.76. The molecule has 2 aromatic rings. The molecule has 0 spiro atoms.